The lowest BCUT2D eigenvalue weighted by Gasteiger charge is -2.26. The van der Waals surface area contributed by atoms with Crippen LogP contribution in [-0.2, 0) is 11.3 Å². The Labute approximate surface area is 229 Å². The molecule has 12 heteroatoms. The molecule has 0 spiro atoms. The monoisotopic (exact) mass is 557 g/mol. The SMILES string of the molecule is COc1cc(F)cc(C(CO)NC(=O)C(C)N2Cc3ccc(-c4nc(NC(C)CO)ncc4Cl)cc3C2=O)c1. The second kappa shape index (κ2) is 11.9. The third-order valence-electron chi connectivity index (χ3n) is 6.49. The van der Waals surface area contributed by atoms with Crippen molar-refractivity contribution in [2.75, 3.05) is 25.6 Å². The molecule has 0 radical (unpaired) electrons. The molecule has 4 N–H and O–H groups in total. The molecular formula is C27H29ClFN5O5. The summed E-state index contributed by atoms with van der Waals surface area (Å²) < 4.78 is 19.0. The predicted molar refractivity (Wildman–Crippen MR) is 143 cm³/mol. The molecule has 4 rings (SSSR count). The maximum atomic E-state index is 14.0. The Morgan fingerprint density at radius 2 is 1.97 bits per heavy atom. The second-order valence-corrected chi connectivity index (χ2v) is 9.67. The molecule has 0 saturated heterocycles. The number of aromatic nitrogens is 2. The Morgan fingerprint density at radius 3 is 2.67 bits per heavy atom. The van der Waals surface area contributed by atoms with E-state index >= 15 is 0 Å². The minimum Gasteiger partial charge on any atom is -0.497 e. The van der Waals surface area contributed by atoms with E-state index < -0.39 is 30.4 Å². The van der Waals surface area contributed by atoms with Crippen molar-refractivity contribution < 1.29 is 28.9 Å². The van der Waals surface area contributed by atoms with Crippen molar-refractivity contribution >= 4 is 29.4 Å². The number of ether oxygens (including phenoxy) is 1. The Hall–Kier alpha value is -3.80. The number of aliphatic hydroxyl groups excluding tert-OH is 2. The molecule has 3 unspecified atom stereocenters. The molecule has 0 aliphatic carbocycles. The number of carbonyl (C=O) groups is 2. The van der Waals surface area contributed by atoms with E-state index in [-0.39, 0.29) is 41.8 Å². The Balaban J connectivity index is 1.52. The van der Waals surface area contributed by atoms with Crippen LogP contribution in [0.5, 0.6) is 5.75 Å². The topological polar surface area (TPSA) is 137 Å². The van der Waals surface area contributed by atoms with Gasteiger partial charge in [-0.25, -0.2) is 14.4 Å². The van der Waals surface area contributed by atoms with Crippen molar-refractivity contribution in [1.82, 2.24) is 20.2 Å². The zero-order valence-corrected chi connectivity index (χ0v) is 22.4. The molecule has 0 fully saturated rings. The van der Waals surface area contributed by atoms with Crippen molar-refractivity contribution in [3.05, 3.63) is 70.1 Å². The van der Waals surface area contributed by atoms with E-state index in [1.807, 2.05) is 0 Å². The fourth-order valence-corrected chi connectivity index (χ4v) is 4.46. The first-order chi connectivity index (χ1) is 18.6. The van der Waals surface area contributed by atoms with E-state index in [1.54, 1.807) is 32.0 Å². The number of fused-ring (bicyclic) bond motifs is 1. The largest absolute Gasteiger partial charge is 0.497 e. The van der Waals surface area contributed by atoms with Crippen LogP contribution in [0.1, 0.15) is 41.4 Å². The van der Waals surface area contributed by atoms with E-state index in [2.05, 4.69) is 20.6 Å². The van der Waals surface area contributed by atoms with Crippen LogP contribution in [0.2, 0.25) is 5.02 Å². The highest BCUT2D eigenvalue weighted by atomic mass is 35.5. The van der Waals surface area contributed by atoms with Gasteiger partial charge in [0.25, 0.3) is 5.91 Å². The van der Waals surface area contributed by atoms with Gasteiger partial charge in [-0.05, 0) is 43.2 Å². The maximum absolute atomic E-state index is 14.0. The van der Waals surface area contributed by atoms with Gasteiger partial charge in [-0.1, -0.05) is 23.7 Å². The van der Waals surface area contributed by atoms with Gasteiger partial charge in [-0.15, -0.1) is 0 Å². The first-order valence-electron chi connectivity index (χ1n) is 12.2. The number of carbonyl (C=O) groups excluding carboxylic acids is 2. The van der Waals surface area contributed by atoms with Gasteiger partial charge in [0.1, 0.15) is 17.6 Å². The van der Waals surface area contributed by atoms with E-state index in [9.17, 15) is 24.2 Å². The summed E-state index contributed by atoms with van der Waals surface area (Å²) in [6.45, 7) is 2.98. The smallest absolute Gasteiger partial charge is 0.255 e. The van der Waals surface area contributed by atoms with E-state index in [0.29, 0.717) is 22.4 Å². The minimum absolute atomic E-state index is 0.105. The number of anilines is 1. The number of hydrogen-bond acceptors (Lipinski definition) is 8. The fraction of sp³-hybridized carbons (Fsp3) is 0.333. The lowest BCUT2D eigenvalue weighted by atomic mass is 10.0. The number of nitrogens with zero attached hydrogens (tertiary/aromatic N) is 3. The molecule has 2 aromatic carbocycles. The summed E-state index contributed by atoms with van der Waals surface area (Å²) in [5, 5.41) is 25.1. The average Bonchev–Trinajstić information content (AvgIpc) is 3.27. The first-order valence-corrected chi connectivity index (χ1v) is 12.6. The van der Waals surface area contributed by atoms with Crippen molar-refractivity contribution in [2.45, 2.75) is 38.5 Å². The molecule has 1 aliphatic rings. The summed E-state index contributed by atoms with van der Waals surface area (Å²) in [5.74, 6) is -0.892. The van der Waals surface area contributed by atoms with Gasteiger partial charge in [-0.2, -0.15) is 0 Å². The highest BCUT2D eigenvalue weighted by Crippen LogP contribution is 2.32. The van der Waals surface area contributed by atoms with E-state index in [0.717, 1.165) is 5.56 Å². The molecule has 0 bridgehead atoms. The van der Waals surface area contributed by atoms with Crippen LogP contribution in [0.25, 0.3) is 11.3 Å². The van der Waals surface area contributed by atoms with Crippen LogP contribution in [0.4, 0.5) is 10.3 Å². The van der Waals surface area contributed by atoms with Crippen molar-refractivity contribution in [2.24, 2.45) is 0 Å². The third kappa shape index (κ3) is 6.11. The van der Waals surface area contributed by atoms with Crippen LogP contribution in [0, 0.1) is 5.82 Å². The molecular weight excluding hydrogens is 529 g/mol. The molecule has 10 nitrogen and oxygen atoms in total. The molecule has 2 amide bonds. The van der Waals surface area contributed by atoms with Crippen LogP contribution < -0.4 is 15.4 Å². The third-order valence-corrected chi connectivity index (χ3v) is 6.76. The van der Waals surface area contributed by atoms with Crippen molar-refractivity contribution in [3.8, 4) is 17.0 Å². The van der Waals surface area contributed by atoms with Gasteiger partial charge < -0.3 is 30.5 Å². The number of amides is 2. The van der Waals surface area contributed by atoms with Gasteiger partial charge in [0.15, 0.2) is 0 Å². The van der Waals surface area contributed by atoms with E-state index in [4.69, 9.17) is 16.3 Å². The molecule has 3 atom stereocenters. The summed E-state index contributed by atoms with van der Waals surface area (Å²) in [6.07, 6.45) is 1.44. The molecule has 1 aromatic heterocycles. The van der Waals surface area contributed by atoms with Crippen molar-refractivity contribution in [3.63, 3.8) is 0 Å². The number of methoxy groups -OCH3 is 1. The zero-order valence-electron chi connectivity index (χ0n) is 21.6. The summed E-state index contributed by atoms with van der Waals surface area (Å²) in [5.41, 5.74) is 2.48. The summed E-state index contributed by atoms with van der Waals surface area (Å²) >= 11 is 6.35. The number of rotatable bonds is 10. The van der Waals surface area contributed by atoms with Crippen LogP contribution in [-0.4, -0.2) is 69.3 Å². The average molecular weight is 558 g/mol. The number of halogens is 2. The molecule has 2 heterocycles. The van der Waals surface area contributed by atoms with E-state index in [1.165, 1.54) is 36.4 Å². The molecule has 206 valence electrons. The van der Waals surface area contributed by atoms with Gasteiger partial charge in [0.05, 0.1) is 43.3 Å². The highest BCUT2D eigenvalue weighted by molar-refractivity contribution is 6.33. The summed E-state index contributed by atoms with van der Waals surface area (Å²) in [4.78, 5) is 36.4. The number of nitrogens with one attached hydrogen (secondary N) is 2. The lowest BCUT2D eigenvalue weighted by Crippen LogP contribution is -2.46. The van der Waals surface area contributed by atoms with Crippen LogP contribution >= 0.6 is 11.6 Å². The highest BCUT2D eigenvalue weighted by Gasteiger charge is 2.35. The Morgan fingerprint density at radius 1 is 1.21 bits per heavy atom. The first kappa shape index (κ1) is 28.2. The van der Waals surface area contributed by atoms with Gasteiger partial charge >= 0.3 is 0 Å². The number of hydrogen-bond donors (Lipinski definition) is 4. The van der Waals surface area contributed by atoms with Crippen molar-refractivity contribution in [1.29, 1.82) is 0 Å². The molecule has 39 heavy (non-hydrogen) atoms. The van der Waals surface area contributed by atoms with Gasteiger partial charge in [0, 0.05) is 29.8 Å². The standard InChI is InChI=1S/C27H29ClFN5O5/c1-14(12-35)31-27-30-10-22(28)24(33-27)16-4-5-17-11-34(26(38)21(17)8-16)15(2)25(37)32-23(13-36)18-6-19(29)9-20(7-18)39-3/h4-10,14-15,23,35-36H,11-13H2,1-3H3,(H,32,37)(H,30,31,33). The maximum Gasteiger partial charge on any atom is 0.255 e. The Bertz CT molecular complexity index is 1390. The van der Waals surface area contributed by atoms with Crippen LogP contribution in [0.3, 0.4) is 0 Å². The predicted octanol–water partition coefficient (Wildman–Crippen LogP) is 2.93. The summed E-state index contributed by atoms with van der Waals surface area (Å²) in [7, 11) is 1.39. The zero-order chi connectivity index (χ0) is 28.3. The summed E-state index contributed by atoms with van der Waals surface area (Å²) in [6, 6.07) is 7.12. The lowest BCUT2D eigenvalue weighted by molar-refractivity contribution is -0.126. The van der Waals surface area contributed by atoms with Crippen LogP contribution in [0.15, 0.2) is 42.6 Å². The molecule has 3 aromatic rings. The number of aliphatic hydroxyl groups is 2. The fourth-order valence-electron chi connectivity index (χ4n) is 4.26. The Kier molecular flexibility index (Phi) is 8.63. The normalized spacial score (nSPS) is 14.9. The molecule has 0 saturated carbocycles. The number of benzene rings is 2. The minimum atomic E-state index is -0.896. The molecule has 1 aliphatic heterocycles. The van der Waals surface area contributed by atoms with Gasteiger partial charge in [0.2, 0.25) is 11.9 Å². The quantitative estimate of drug-likeness (QED) is 0.299. The second-order valence-electron chi connectivity index (χ2n) is 9.27. The van der Waals surface area contributed by atoms with Gasteiger partial charge in [-0.3, -0.25) is 9.59 Å².